The van der Waals surface area contributed by atoms with Crippen molar-refractivity contribution in [1.29, 1.82) is 0 Å². The Hall–Kier alpha value is -3.22. The molecule has 5 rings (SSSR count). The molecule has 2 aliphatic rings. The van der Waals surface area contributed by atoms with Crippen LogP contribution < -0.4 is 5.32 Å². The third-order valence-electron chi connectivity index (χ3n) is 5.33. The highest BCUT2D eigenvalue weighted by atomic mass is 32.2. The van der Waals surface area contributed by atoms with E-state index in [0.717, 1.165) is 0 Å². The third kappa shape index (κ3) is 4.98. The predicted molar refractivity (Wildman–Crippen MR) is 125 cm³/mol. The van der Waals surface area contributed by atoms with Crippen molar-refractivity contribution in [3.05, 3.63) is 54.5 Å². The number of oxime groups is 1. The minimum absolute atomic E-state index is 0.00924. The highest BCUT2D eigenvalue weighted by Gasteiger charge is 2.36. The van der Waals surface area contributed by atoms with Gasteiger partial charge in [0.05, 0.1) is 34.4 Å². The van der Waals surface area contributed by atoms with E-state index in [4.69, 9.17) is 9.57 Å². The van der Waals surface area contributed by atoms with Crippen molar-refractivity contribution < 1.29 is 22.8 Å². The number of hydrogen-bond donors (Lipinski definition) is 1. The number of thiazole rings is 1. The van der Waals surface area contributed by atoms with Gasteiger partial charge in [-0.1, -0.05) is 28.6 Å². The van der Waals surface area contributed by atoms with Crippen LogP contribution in [-0.2, 0) is 24.2 Å². The van der Waals surface area contributed by atoms with Crippen molar-refractivity contribution in [1.82, 2.24) is 15.0 Å². The maximum atomic E-state index is 13.1. The summed E-state index contributed by atoms with van der Waals surface area (Å²) in [6.45, 7) is 0.961. The number of anilines is 1. The van der Waals surface area contributed by atoms with Gasteiger partial charge >= 0.3 is 0 Å². The van der Waals surface area contributed by atoms with Crippen molar-refractivity contribution in [2.24, 2.45) is 5.16 Å². The monoisotopic (exact) mass is 499 g/mol. The number of nitrogens with zero attached hydrogens (tertiary/aromatic N) is 4. The van der Waals surface area contributed by atoms with E-state index in [1.165, 1.54) is 23.5 Å². The lowest BCUT2D eigenvalue weighted by Crippen LogP contribution is -2.25. The van der Waals surface area contributed by atoms with Gasteiger partial charge in [0.15, 0.2) is 32.6 Å². The quantitative estimate of drug-likeness (QED) is 0.369. The van der Waals surface area contributed by atoms with Crippen LogP contribution in [0.1, 0.15) is 24.8 Å². The molecule has 2 aromatic heterocycles. The molecular weight excluding hydrogens is 478 g/mol. The van der Waals surface area contributed by atoms with Crippen LogP contribution in [0.4, 0.5) is 5.13 Å². The van der Waals surface area contributed by atoms with Crippen LogP contribution >= 0.6 is 11.3 Å². The summed E-state index contributed by atoms with van der Waals surface area (Å²) in [6.07, 6.45) is 6.62. The first-order chi connectivity index (χ1) is 16.5. The van der Waals surface area contributed by atoms with E-state index in [0.29, 0.717) is 53.9 Å². The zero-order valence-electron chi connectivity index (χ0n) is 18.0. The lowest BCUT2D eigenvalue weighted by atomic mass is 10.1. The summed E-state index contributed by atoms with van der Waals surface area (Å²) >= 11 is 1.22. The first kappa shape index (κ1) is 22.6. The van der Waals surface area contributed by atoms with Gasteiger partial charge in [-0.2, -0.15) is 0 Å². The number of rotatable bonds is 8. The highest BCUT2D eigenvalue weighted by molar-refractivity contribution is 7.92. The average Bonchev–Trinajstić information content (AvgIpc) is 3.41. The molecule has 0 spiro atoms. The number of amides is 1. The van der Waals surface area contributed by atoms with Gasteiger partial charge in [0.2, 0.25) is 0 Å². The smallest absolute Gasteiger partial charge is 0.280 e. The van der Waals surface area contributed by atoms with Crippen molar-refractivity contribution in [3.63, 3.8) is 0 Å². The molecule has 1 amide bonds. The van der Waals surface area contributed by atoms with Crippen LogP contribution in [0.3, 0.4) is 0 Å². The molecule has 34 heavy (non-hydrogen) atoms. The molecule has 176 valence electrons. The Labute approximate surface area is 200 Å². The van der Waals surface area contributed by atoms with Gasteiger partial charge in [-0.05, 0) is 31.0 Å². The number of ether oxygens (including phenoxy) is 1. The topological polar surface area (TPSA) is 133 Å². The van der Waals surface area contributed by atoms with E-state index in [2.05, 4.69) is 25.4 Å². The number of nitrogens with one attached hydrogen (secondary N) is 1. The maximum absolute atomic E-state index is 13.1. The van der Waals surface area contributed by atoms with E-state index in [9.17, 15) is 13.2 Å². The van der Waals surface area contributed by atoms with E-state index in [1.54, 1.807) is 36.8 Å². The molecule has 1 aliphatic heterocycles. The van der Waals surface area contributed by atoms with Gasteiger partial charge in [-0.15, -0.1) is 0 Å². The molecule has 1 atom stereocenters. The van der Waals surface area contributed by atoms with Gasteiger partial charge in [0.1, 0.15) is 0 Å². The standard InChI is InChI=1S/C22H21N5O5S2/c28-21(26-22-25-12-18(33-22)20-23-9-1-10-24-20)19(27-32-15-8-11-31-13-15)14-2-4-16(5-3-14)34(29,30)17-6-7-17/h1-5,9-10,12,15,17H,6-8,11,13H2,(H,25,26,28)/t15-/m1/s1. The first-order valence-corrected chi connectivity index (χ1v) is 13.1. The molecule has 3 heterocycles. The van der Waals surface area contributed by atoms with Crippen molar-refractivity contribution in [2.45, 2.75) is 35.5 Å². The predicted octanol–water partition coefficient (Wildman–Crippen LogP) is 2.68. The zero-order chi connectivity index (χ0) is 23.5. The van der Waals surface area contributed by atoms with Gasteiger partial charge < -0.3 is 9.57 Å². The van der Waals surface area contributed by atoms with Crippen LogP contribution in [0, 0.1) is 0 Å². The summed E-state index contributed by atoms with van der Waals surface area (Å²) in [4.78, 5) is 32.2. The van der Waals surface area contributed by atoms with Crippen LogP contribution in [0.25, 0.3) is 10.7 Å². The number of benzene rings is 1. The fourth-order valence-electron chi connectivity index (χ4n) is 3.34. The summed E-state index contributed by atoms with van der Waals surface area (Å²) in [5.41, 5.74) is 0.435. The summed E-state index contributed by atoms with van der Waals surface area (Å²) < 4.78 is 30.3. The lowest BCUT2D eigenvalue weighted by Gasteiger charge is -2.10. The molecule has 2 fully saturated rings. The summed E-state index contributed by atoms with van der Waals surface area (Å²) in [6, 6.07) is 7.84. The number of hydrogen-bond acceptors (Lipinski definition) is 10. The minimum atomic E-state index is -3.33. The van der Waals surface area contributed by atoms with Crippen molar-refractivity contribution >= 4 is 37.9 Å². The summed E-state index contributed by atoms with van der Waals surface area (Å²) in [5, 5.41) is 6.87. The van der Waals surface area contributed by atoms with Crippen LogP contribution in [0.5, 0.6) is 0 Å². The Balaban J connectivity index is 1.38. The molecule has 1 N–H and O–H groups in total. The second-order valence-electron chi connectivity index (χ2n) is 7.86. The molecule has 1 saturated carbocycles. The Bertz CT molecular complexity index is 1300. The minimum Gasteiger partial charge on any atom is -0.389 e. The fraction of sp³-hybridized carbons (Fsp3) is 0.318. The number of carbonyl (C=O) groups excluding carboxylic acids is 1. The molecule has 10 nitrogen and oxygen atoms in total. The Morgan fingerprint density at radius 1 is 1.12 bits per heavy atom. The highest BCUT2D eigenvalue weighted by Crippen LogP contribution is 2.33. The summed E-state index contributed by atoms with van der Waals surface area (Å²) in [7, 11) is -3.33. The molecule has 0 radical (unpaired) electrons. The van der Waals surface area contributed by atoms with E-state index in [-0.39, 0.29) is 22.0 Å². The molecule has 0 bridgehead atoms. The molecule has 0 unspecified atom stereocenters. The maximum Gasteiger partial charge on any atom is 0.280 e. The summed E-state index contributed by atoms with van der Waals surface area (Å²) in [5.74, 6) is -0.0296. The Morgan fingerprint density at radius 2 is 1.88 bits per heavy atom. The normalized spacial score (nSPS) is 18.6. The molecule has 1 aliphatic carbocycles. The molecule has 1 saturated heterocycles. The van der Waals surface area contributed by atoms with Gasteiger partial charge in [-0.25, -0.2) is 23.4 Å². The largest absolute Gasteiger partial charge is 0.389 e. The number of carbonyl (C=O) groups is 1. The van der Waals surface area contributed by atoms with E-state index < -0.39 is 15.7 Å². The fourth-order valence-corrected chi connectivity index (χ4v) is 5.76. The zero-order valence-corrected chi connectivity index (χ0v) is 19.6. The molecule has 1 aromatic carbocycles. The van der Waals surface area contributed by atoms with E-state index >= 15 is 0 Å². The van der Waals surface area contributed by atoms with Crippen molar-refractivity contribution in [2.75, 3.05) is 18.5 Å². The van der Waals surface area contributed by atoms with Crippen LogP contribution in [0.2, 0.25) is 0 Å². The number of sulfone groups is 1. The van der Waals surface area contributed by atoms with Gasteiger partial charge in [-0.3, -0.25) is 10.1 Å². The second-order valence-corrected chi connectivity index (χ2v) is 11.1. The Morgan fingerprint density at radius 3 is 2.56 bits per heavy atom. The third-order valence-corrected chi connectivity index (χ3v) is 8.51. The second kappa shape index (κ2) is 9.57. The lowest BCUT2D eigenvalue weighted by molar-refractivity contribution is -0.110. The van der Waals surface area contributed by atoms with Gasteiger partial charge in [0.25, 0.3) is 5.91 Å². The van der Waals surface area contributed by atoms with Crippen molar-refractivity contribution in [3.8, 4) is 10.7 Å². The average molecular weight is 500 g/mol. The van der Waals surface area contributed by atoms with Crippen LogP contribution in [0.15, 0.2) is 59.0 Å². The molecule has 12 heteroatoms. The van der Waals surface area contributed by atoms with E-state index in [1.807, 2.05) is 0 Å². The molecular formula is C22H21N5O5S2. The number of aromatic nitrogens is 3. The Kier molecular flexibility index (Phi) is 6.35. The SMILES string of the molecule is O=C(Nc1ncc(-c2ncccn2)s1)C(=NO[C@@H]1CCOC1)c1ccc(S(=O)(=O)C2CC2)cc1. The molecule has 3 aromatic rings. The first-order valence-electron chi connectivity index (χ1n) is 10.7. The van der Waals surface area contributed by atoms with Gasteiger partial charge in [0, 0.05) is 24.4 Å². The van der Waals surface area contributed by atoms with Crippen LogP contribution in [-0.4, -0.2) is 59.6 Å².